The Morgan fingerprint density at radius 3 is 2.11 bits per heavy atom. The van der Waals surface area contributed by atoms with Crippen LogP contribution in [0.15, 0.2) is 36.5 Å². The van der Waals surface area contributed by atoms with Crippen molar-refractivity contribution in [2.24, 2.45) is 5.92 Å². The Morgan fingerprint density at radius 1 is 0.944 bits per heavy atom. The lowest BCUT2D eigenvalue weighted by Gasteiger charge is -2.20. The number of hydrogen-bond acceptors (Lipinski definition) is 2. The molecule has 3 aromatic rings. The van der Waals surface area contributed by atoms with Crippen molar-refractivity contribution < 1.29 is 41.0 Å². The summed E-state index contributed by atoms with van der Waals surface area (Å²) >= 11 is 0. The molecule has 0 spiro atoms. The number of hydrogen-bond donors (Lipinski definition) is 2. The van der Waals surface area contributed by atoms with E-state index >= 15 is 0 Å². The summed E-state index contributed by atoms with van der Waals surface area (Å²) in [5.74, 6) is -2.66. The maximum atomic E-state index is 13.8. The summed E-state index contributed by atoms with van der Waals surface area (Å²) in [5, 5.41) is 9.58. The van der Waals surface area contributed by atoms with Gasteiger partial charge in [-0.3, -0.25) is 4.79 Å². The third-order valence-corrected chi connectivity index (χ3v) is 6.56. The van der Waals surface area contributed by atoms with Crippen LogP contribution in [0, 0.1) is 5.92 Å². The first-order chi connectivity index (χ1) is 16.9. The maximum absolute atomic E-state index is 13.8. The molecule has 0 unspecified atom stereocenters. The second-order valence-electron chi connectivity index (χ2n) is 9.27. The molecule has 2 N–H and O–H groups in total. The first kappa shape index (κ1) is 25.9. The van der Waals surface area contributed by atoms with E-state index < -0.39 is 47.2 Å². The normalized spacial score (nSPS) is 15.7. The zero-order valence-electron chi connectivity index (χ0n) is 19.2. The zero-order valence-corrected chi connectivity index (χ0v) is 19.2. The SMILES string of the molecule is O=C(O)Cc1cc(C(F)(F)F)c(Oc2ccc3[nH]cc(CC4CCCCCC4)c3c2)c(C(F)(F)F)c1. The minimum atomic E-state index is -5.20. The number of aliphatic carboxylic acids is 1. The molecule has 1 aliphatic carbocycles. The number of aromatic amines is 1. The minimum absolute atomic E-state index is 0.175. The lowest BCUT2D eigenvalue weighted by molar-refractivity contribution is -0.145. The molecule has 1 aromatic heterocycles. The Kier molecular flexibility index (Phi) is 7.24. The molecule has 4 rings (SSSR count). The Balaban J connectivity index is 1.74. The van der Waals surface area contributed by atoms with Crippen molar-refractivity contribution in [2.45, 2.75) is 63.7 Å². The summed E-state index contributed by atoms with van der Waals surface area (Å²) in [6.45, 7) is 0. The van der Waals surface area contributed by atoms with E-state index in [1.54, 1.807) is 6.07 Å². The summed E-state index contributed by atoms with van der Waals surface area (Å²) in [7, 11) is 0. The molecule has 0 amide bonds. The molecule has 10 heteroatoms. The molecule has 2 aromatic carbocycles. The van der Waals surface area contributed by atoms with Gasteiger partial charge in [-0.25, -0.2) is 0 Å². The van der Waals surface area contributed by atoms with Crippen LogP contribution >= 0.6 is 0 Å². The van der Waals surface area contributed by atoms with Crippen molar-refractivity contribution >= 4 is 16.9 Å². The number of benzene rings is 2. The van der Waals surface area contributed by atoms with Crippen molar-refractivity contribution in [3.05, 3.63) is 58.8 Å². The molecule has 1 heterocycles. The molecule has 4 nitrogen and oxygen atoms in total. The van der Waals surface area contributed by atoms with Gasteiger partial charge in [-0.2, -0.15) is 26.3 Å². The van der Waals surface area contributed by atoms with E-state index in [2.05, 4.69) is 4.98 Å². The molecule has 1 saturated carbocycles. The number of aromatic nitrogens is 1. The number of H-pyrrole nitrogens is 1. The van der Waals surface area contributed by atoms with Gasteiger partial charge in [0.1, 0.15) is 5.75 Å². The van der Waals surface area contributed by atoms with Crippen molar-refractivity contribution in [1.29, 1.82) is 0 Å². The molecular weight excluding hydrogens is 488 g/mol. The van der Waals surface area contributed by atoms with Gasteiger partial charge in [-0.05, 0) is 53.8 Å². The topological polar surface area (TPSA) is 62.3 Å². The lowest BCUT2D eigenvalue weighted by atomic mass is 9.92. The van der Waals surface area contributed by atoms with Crippen LogP contribution in [0.2, 0.25) is 0 Å². The van der Waals surface area contributed by atoms with Gasteiger partial charge in [0.15, 0.2) is 5.75 Å². The molecule has 1 aliphatic rings. The fourth-order valence-corrected chi connectivity index (χ4v) is 4.88. The number of ether oxygens (including phenoxy) is 1. The van der Waals surface area contributed by atoms with Gasteiger partial charge in [0.2, 0.25) is 0 Å². The van der Waals surface area contributed by atoms with Crippen molar-refractivity contribution in [3.8, 4) is 11.5 Å². The van der Waals surface area contributed by atoms with Crippen molar-refractivity contribution in [3.63, 3.8) is 0 Å². The van der Waals surface area contributed by atoms with Gasteiger partial charge in [0.25, 0.3) is 0 Å². The molecule has 0 saturated heterocycles. The van der Waals surface area contributed by atoms with Gasteiger partial charge < -0.3 is 14.8 Å². The van der Waals surface area contributed by atoms with Crippen LogP contribution in [0.5, 0.6) is 11.5 Å². The number of alkyl halides is 6. The Hall–Kier alpha value is -3.17. The van der Waals surface area contributed by atoms with E-state index in [0.717, 1.165) is 37.7 Å². The van der Waals surface area contributed by atoms with Crippen LogP contribution in [0.25, 0.3) is 10.9 Å². The van der Waals surface area contributed by atoms with E-state index in [4.69, 9.17) is 9.84 Å². The molecule has 36 heavy (non-hydrogen) atoms. The summed E-state index contributed by atoms with van der Waals surface area (Å²) in [6.07, 6.45) is -2.00. The molecule has 0 aliphatic heterocycles. The maximum Gasteiger partial charge on any atom is 0.420 e. The van der Waals surface area contributed by atoms with Crippen LogP contribution in [0.3, 0.4) is 0 Å². The zero-order chi connectivity index (χ0) is 26.1. The highest BCUT2D eigenvalue weighted by Crippen LogP contribution is 2.47. The average Bonchev–Trinajstić information content (AvgIpc) is 2.98. The second kappa shape index (κ2) is 10.1. The first-order valence-corrected chi connectivity index (χ1v) is 11.7. The summed E-state index contributed by atoms with van der Waals surface area (Å²) < 4.78 is 88.1. The average molecular weight is 513 g/mol. The lowest BCUT2D eigenvalue weighted by Crippen LogP contribution is -2.16. The van der Waals surface area contributed by atoms with E-state index in [1.807, 2.05) is 6.20 Å². The predicted molar refractivity (Wildman–Crippen MR) is 121 cm³/mol. The summed E-state index contributed by atoms with van der Waals surface area (Å²) in [5.41, 5.74) is -2.34. The number of rotatable bonds is 6. The Morgan fingerprint density at radius 2 is 1.56 bits per heavy atom. The number of fused-ring (bicyclic) bond motifs is 1. The van der Waals surface area contributed by atoms with Crippen LogP contribution in [-0.4, -0.2) is 16.1 Å². The third kappa shape index (κ3) is 5.96. The molecule has 194 valence electrons. The number of carboxylic acid groups (broad SMARTS) is 1. The number of carboxylic acids is 1. The summed E-state index contributed by atoms with van der Waals surface area (Å²) in [6, 6.07) is 5.10. The van der Waals surface area contributed by atoms with E-state index in [9.17, 15) is 31.1 Å². The van der Waals surface area contributed by atoms with Gasteiger partial charge in [0, 0.05) is 17.1 Å². The van der Waals surface area contributed by atoms with Gasteiger partial charge in [0.05, 0.1) is 17.5 Å². The predicted octanol–water partition coefficient (Wildman–Crippen LogP) is 8.14. The first-order valence-electron chi connectivity index (χ1n) is 11.7. The monoisotopic (exact) mass is 513 g/mol. The van der Waals surface area contributed by atoms with Gasteiger partial charge in [-0.15, -0.1) is 0 Å². The largest absolute Gasteiger partial charge is 0.481 e. The fourth-order valence-electron chi connectivity index (χ4n) is 4.88. The van der Waals surface area contributed by atoms with Crippen LogP contribution in [0.1, 0.15) is 60.8 Å². The Labute approximate surface area is 203 Å². The van der Waals surface area contributed by atoms with Crippen LogP contribution in [0.4, 0.5) is 26.3 Å². The fraction of sp³-hybridized carbons (Fsp3) is 0.423. The molecule has 0 bridgehead atoms. The second-order valence-corrected chi connectivity index (χ2v) is 9.27. The van der Waals surface area contributed by atoms with Crippen molar-refractivity contribution in [2.75, 3.05) is 0 Å². The summed E-state index contributed by atoms with van der Waals surface area (Å²) in [4.78, 5) is 14.1. The van der Waals surface area contributed by atoms with Crippen molar-refractivity contribution in [1.82, 2.24) is 4.98 Å². The highest BCUT2D eigenvalue weighted by molar-refractivity contribution is 5.84. The quantitative estimate of drug-likeness (QED) is 0.258. The number of halogens is 6. The third-order valence-electron chi connectivity index (χ3n) is 6.56. The highest BCUT2D eigenvalue weighted by atomic mass is 19.4. The van der Waals surface area contributed by atoms with Gasteiger partial charge in [-0.1, -0.05) is 38.5 Å². The standard InChI is InChI=1S/C26H25F6NO3/c27-25(28,29)20-10-16(12-23(34)35)11-21(26(30,31)32)24(20)36-18-7-8-22-19(13-18)17(14-33-22)9-15-5-3-1-2-4-6-15/h7-8,10-11,13-15,33H,1-6,9,12H2,(H,34,35). The molecular formula is C26H25F6NO3. The van der Waals surface area contributed by atoms with Crippen LogP contribution < -0.4 is 4.74 Å². The number of nitrogens with one attached hydrogen (secondary N) is 1. The minimum Gasteiger partial charge on any atom is -0.481 e. The number of carbonyl (C=O) groups is 1. The van der Waals surface area contributed by atoms with E-state index in [0.29, 0.717) is 29.0 Å². The Bertz CT molecular complexity index is 1200. The van der Waals surface area contributed by atoms with E-state index in [1.165, 1.54) is 25.0 Å². The van der Waals surface area contributed by atoms with E-state index in [-0.39, 0.29) is 5.75 Å². The highest BCUT2D eigenvalue weighted by Gasteiger charge is 2.43. The van der Waals surface area contributed by atoms with Gasteiger partial charge >= 0.3 is 18.3 Å². The molecule has 0 atom stereocenters. The molecule has 1 fully saturated rings. The smallest absolute Gasteiger partial charge is 0.420 e. The van der Waals surface area contributed by atoms with Crippen LogP contribution in [-0.2, 0) is 30.0 Å². The molecule has 0 radical (unpaired) electrons.